The molecule has 0 bridgehead atoms. The molecule has 0 N–H and O–H groups in total. The molecule has 0 radical (unpaired) electrons. The van der Waals surface area contributed by atoms with Gasteiger partial charge in [-0.25, -0.2) is 18.2 Å². The predicted molar refractivity (Wildman–Crippen MR) is 46.4 cm³/mol. The molecule has 0 spiro atoms. The van der Waals surface area contributed by atoms with Crippen molar-refractivity contribution in [2.45, 2.75) is 12.3 Å². The first-order chi connectivity index (χ1) is 6.07. The second kappa shape index (κ2) is 4.28. The summed E-state index contributed by atoms with van der Waals surface area (Å²) >= 11 is 8.30. The maximum atomic E-state index is 12.8. The van der Waals surface area contributed by atoms with Crippen LogP contribution in [0.2, 0.25) is 0 Å². The van der Waals surface area contributed by atoms with Crippen LogP contribution in [0.1, 0.15) is 17.6 Å². The lowest BCUT2D eigenvalue weighted by Gasteiger charge is -2.08. The average Bonchev–Trinajstić information content (AvgIpc) is 2.07. The van der Waals surface area contributed by atoms with Gasteiger partial charge in [-0.1, -0.05) is 0 Å². The summed E-state index contributed by atoms with van der Waals surface area (Å²) in [4.78, 5) is 3.52. The number of hydrogen-bond donors (Lipinski definition) is 0. The van der Waals surface area contributed by atoms with E-state index in [1.807, 2.05) is 0 Å². The Morgan fingerprint density at radius 2 is 2.15 bits per heavy atom. The molecular weight excluding hydrogens is 270 g/mol. The van der Waals surface area contributed by atoms with Crippen molar-refractivity contribution in [3.63, 3.8) is 0 Å². The Hall–Kier alpha value is -0.290. The molecule has 0 saturated heterocycles. The highest BCUT2D eigenvalue weighted by atomic mass is 79.9. The maximum Gasteiger partial charge on any atom is 0.267 e. The number of aromatic nitrogens is 1. The van der Waals surface area contributed by atoms with Crippen LogP contribution in [0.4, 0.5) is 13.2 Å². The summed E-state index contributed by atoms with van der Waals surface area (Å²) in [5, 5.41) is 0. The molecule has 0 saturated carbocycles. The summed E-state index contributed by atoms with van der Waals surface area (Å²) in [6, 6.07) is 0. The van der Waals surface area contributed by atoms with E-state index in [9.17, 15) is 13.2 Å². The minimum Gasteiger partial charge on any atom is -0.246 e. The maximum absolute atomic E-state index is 12.8. The van der Waals surface area contributed by atoms with Gasteiger partial charge in [0.2, 0.25) is 0 Å². The monoisotopic (exact) mass is 273 g/mol. The fraction of sp³-hybridized carbons (Fsp3) is 0.286. The largest absolute Gasteiger partial charge is 0.267 e. The number of nitrogens with zero attached hydrogens (tertiary/aromatic N) is 1. The van der Waals surface area contributed by atoms with Gasteiger partial charge in [0, 0.05) is 5.56 Å². The first kappa shape index (κ1) is 10.8. The highest BCUT2D eigenvalue weighted by Gasteiger charge is 2.20. The van der Waals surface area contributed by atoms with E-state index in [1.165, 1.54) is 0 Å². The normalized spacial score (nSPS) is 10.9. The molecular formula is C7H4BrClF3N. The highest BCUT2D eigenvalue weighted by Crippen LogP contribution is 2.30. The summed E-state index contributed by atoms with van der Waals surface area (Å²) in [7, 11) is 0. The Bertz CT molecular complexity index is 319. The molecule has 0 aromatic carbocycles. The van der Waals surface area contributed by atoms with Crippen LogP contribution >= 0.6 is 27.5 Å². The lowest BCUT2D eigenvalue weighted by atomic mass is 10.1. The Labute approximate surface area is 86.0 Å². The van der Waals surface area contributed by atoms with E-state index in [0.29, 0.717) is 0 Å². The number of pyridine rings is 1. The van der Waals surface area contributed by atoms with Gasteiger partial charge in [0.05, 0.1) is 17.6 Å². The fourth-order valence-corrected chi connectivity index (χ4v) is 1.77. The van der Waals surface area contributed by atoms with Gasteiger partial charge >= 0.3 is 0 Å². The van der Waals surface area contributed by atoms with E-state index in [2.05, 4.69) is 20.9 Å². The molecule has 1 aromatic rings. The number of halogens is 5. The fourth-order valence-electron chi connectivity index (χ4n) is 0.879. The van der Waals surface area contributed by atoms with Crippen molar-refractivity contribution in [2.24, 2.45) is 0 Å². The average molecular weight is 274 g/mol. The number of alkyl halides is 3. The lowest BCUT2D eigenvalue weighted by Crippen LogP contribution is -2.00. The molecule has 0 aliphatic rings. The van der Waals surface area contributed by atoms with Crippen LogP contribution in [0.25, 0.3) is 0 Å². The van der Waals surface area contributed by atoms with Gasteiger partial charge in [0.25, 0.3) is 6.43 Å². The smallest absolute Gasteiger partial charge is 0.246 e. The predicted octanol–water partition coefficient (Wildman–Crippen LogP) is 3.66. The first-order valence-corrected chi connectivity index (χ1v) is 4.57. The zero-order valence-electron chi connectivity index (χ0n) is 6.20. The van der Waals surface area contributed by atoms with Gasteiger partial charge in [-0.15, -0.1) is 11.6 Å². The standard InChI is InChI=1S/C7H4BrClF3N/c8-6-3(1-9)5(7(11)12)4(10)2-13-6/h2,7H,1H2. The summed E-state index contributed by atoms with van der Waals surface area (Å²) in [6.45, 7) is 0. The molecule has 0 fully saturated rings. The van der Waals surface area contributed by atoms with E-state index in [-0.39, 0.29) is 16.0 Å². The Morgan fingerprint density at radius 1 is 1.54 bits per heavy atom. The van der Waals surface area contributed by atoms with Crippen molar-refractivity contribution in [3.05, 3.63) is 27.7 Å². The van der Waals surface area contributed by atoms with Crippen molar-refractivity contribution in [1.82, 2.24) is 4.98 Å². The van der Waals surface area contributed by atoms with Gasteiger partial charge in [-0.3, -0.25) is 0 Å². The zero-order chi connectivity index (χ0) is 10.0. The van der Waals surface area contributed by atoms with E-state index in [4.69, 9.17) is 11.6 Å². The quantitative estimate of drug-likeness (QED) is 0.592. The van der Waals surface area contributed by atoms with Crippen LogP contribution in [0.15, 0.2) is 10.8 Å². The molecule has 1 aromatic heterocycles. The van der Waals surface area contributed by atoms with Gasteiger partial charge in [-0.05, 0) is 15.9 Å². The summed E-state index contributed by atoms with van der Waals surface area (Å²) in [6.07, 6.45) is -2.14. The van der Waals surface area contributed by atoms with E-state index < -0.39 is 17.8 Å². The molecule has 1 nitrogen and oxygen atoms in total. The summed E-state index contributed by atoms with van der Waals surface area (Å²) in [5.41, 5.74) is -0.687. The molecule has 72 valence electrons. The molecule has 1 heterocycles. The molecule has 0 amide bonds. The van der Waals surface area contributed by atoms with Crippen molar-refractivity contribution < 1.29 is 13.2 Å². The molecule has 1 rings (SSSR count). The van der Waals surface area contributed by atoms with Gasteiger partial charge in [0.1, 0.15) is 4.60 Å². The van der Waals surface area contributed by atoms with Gasteiger partial charge in [0.15, 0.2) is 5.82 Å². The Morgan fingerprint density at radius 3 is 2.54 bits per heavy atom. The molecule has 0 unspecified atom stereocenters. The van der Waals surface area contributed by atoms with Crippen LogP contribution in [0.5, 0.6) is 0 Å². The van der Waals surface area contributed by atoms with E-state index >= 15 is 0 Å². The third-order valence-corrected chi connectivity index (χ3v) is 2.43. The van der Waals surface area contributed by atoms with E-state index in [1.54, 1.807) is 0 Å². The van der Waals surface area contributed by atoms with Crippen LogP contribution in [-0.2, 0) is 5.88 Å². The summed E-state index contributed by atoms with van der Waals surface area (Å²) in [5.74, 6) is -1.24. The third kappa shape index (κ3) is 2.14. The summed E-state index contributed by atoms with van der Waals surface area (Å²) < 4.78 is 37.6. The van der Waals surface area contributed by atoms with Crippen LogP contribution in [0.3, 0.4) is 0 Å². The highest BCUT2D eigenvalue weighted by molar-refractivity contribution is 9.10. The molecule has 0 aliphatic heterocycles. The second-order valence-electron chi connectivity index (χ2n) is 2.22. The molecule has 13 heavy (non-hydrogen) atoms. The van der Waals surface area contributed by atoms with Crippen molar-refractivity contribution in [1.29, 1.82) is 0 Å². The second-order valence-corrected chi connectivity index (χ2v) is 3.24. The van der Waals surface area contributed by atoms with E-state index in [0.717, 1.165) is 6.20 Å². The molecule has 6 heteroatoms. The van der Waals surface area contributed by atoms with Crippen LogP contribution in [0, 0.1) is 5.82 Å². The molecule has 0 atom stereocenters. The number of hydrogen-bond acceptors (Lipinski definition) is 1. The van der Waals surface area contributed by atoms with Crippen molar-refractivity contribution in [3.8, 4) is 0 Å². The lowest BCUT2D eigenvalue weighted by molar-refractivity contribution is 0.145. The first-order valence-electron chi connectivity index (χ1n) is 3.24. The van der Waals surface area contributed by atoms with Crippen molar-refractivity contribution in [2.75, 3.05) is 0 Å². The SMILES string of the molecule is Fc1cnc(Br)c(CCl)c1C(F)F. The Kier molecular flexibility index (Phi) is 3.55. The zero-order valence-corrected chi connectivity index (χ0v) is 8.54. The minimum absolute atomic E-state index is 0.00309. The molecule has 0 aliphatic carbocycles. The van der Waals surface area contributed by atoms with Gasteiger partial charge < -0.3 is 0 Å². The van der Waals surface area contributed by atoms with Crippen LogP contribution < -0.4 is 0 Å². The Balaban J connectivity index is 3.35. The minimum atomic E-state index is -2.88. The third-order valence-electron chi connectivity index (χ3n) is 1.47. The topological polar surface area (TPSA) is 12.9 Å². The van der Waals surface area contributed by atoms with Gasteiger partial charge in [-0.2, -0.15) is 0 Å². The number of rotatable bonds is 2. The van der Waals surface area contributed by atoms with Crippen LogP contribution in [-0.4, -0.2) is 4.98 Å². The van der Waals surface area contributed by atoms with Crippen molar-refractivity contribution >= 4 is 27.5 Å².